The van der Waals surface area contributed by atoms with Crippen molar-refractivity contribution in [3.63, 3.8) is 0 Å². The third-order valence-electron chi connectivity index (χ3n) is 4.02. The number of carbonyl (C=O) groups is 1. The summed E-state index contributed by atoms with van der Waals surface area (Å²) in [6.45, 7) is 0. The lowest BCUT2D eigenvalue weighted by molar-refractivity contribution is -0.122. The van der Waals surface area contributed by atoms with Gasteiger partial charge in [-0.1, -0.05) is 38.5 Å². The number of hydrogen-bond donors (Lipinski definition) is 0. The molecule has 0 saturated heterocycles. The predicted octanol–water partition coefficient (Wildman–Crippen LogP) is 3.33. The Hall–Kier alpha value is -0.330. The van der Waals surface area contributed by atoms with Crippen LogP contribution in [0.4, 0.5) is 0 Å². The Morgan fingerprint density at radius 3 is 2.23 bits per heavy atom. The van der Waals surface area contributed by atoms with Crippen molar-refractivity contribution in [3.8, 4) is 0 Å². The smallest absolute Gasteiger partial charge is 0.126 e. The minimum atomic E-state index is 0.141. The molecule has 2 fully saturated rings. The normalized spacial score (nSPS) is 28.0. The maximum Gasteiger partial charge on any atom is 0.126 e. The van der Waals surface area contributed by atoms with Gasteiger partial charge in [0.2, 0.25) is 0 Å². The van der Waals surface area contributed by atoms with Crippen molar-refractivity contribution >= 4 is 6.29 Å². The zero-order chi connectivity index (χ0) is 9.15. The van der Waals surface area contributed by atoms with Gasteiger partial charge in [-0.15, -0.1) is 0 Å². The van der Waals surface area contributed by atoms with Crippen LogP contribution in [0.25, 0.3) is 0 Å². The lowest BCUT2D eigenvalue weighted by atomic mass is 9.63. The van der Waals surface area contributed by atoms with Gasteiger partial charge in [0.25, 0.3) is 0 Å². The molecule has 0 amide bonds. The molecule has 0 radical (unpaired) electrons. The van der Waals surface area contributed by atoms with Crippen LogP contribution >= 0.6 is 0 Å². The Kier molecular flexibility index (Phi) is 2.71. The Bertz CT molecular complexity index is 176. The van der Waals surface area contributed by atoms with Gasteiger partial charge in [0.15, 0.2) is 0 Å². The highest BCUT2D eigenvalue weighted by Gasteiger charge is 2.38. The van der Waals surface area contributed by atoms with Crippen molar-refractivity contribution in [1.29, 1.82) is 0 Å². The summed E-state index contributed by atoms with van der Waals surface area (Å²) in [5.41, 5.74) is 0.141. The van der Waals surface area contributed by atoms with Crippen LogP contribution in [0.15, 0.2) is 0 Å². The van der Waals surface area contributed by atoms with E-state index in [1.807, 2.05) is 0 Å². The molecule has 0 spiro atoms. The van der Waals surface area contributed by atoms with Crippen LogP contribution in [0, 0.1) is 11.3 Å². The van der Waals surface area contributed by atoms with Crippen molar-refractivity contribution in [2.45, 2.75) is 57.8 Å². The van der Waals surface area contributed by atoms with Crippen LogP contribution < -0.4 is 0 Å². The highest BCUT2D eigenvalue weighted by Crippen LogP contribution is 2.46. The molecule has 0 aromatic carbocycles. The summed E-state index contributed by atoms with van der Waals surface area (Å²) in [5.74, 6) is 0.874. The van der Waals surface area contributed by atoms with Gasteiger partial charge >= 0.3 is 0 Å². The van der Waals surface area contributed by atoms with Crippen LogP contribution in [0.5, 0.6) is 0 Å². The molecule has 2 saturated carbocycles. The van der Waals surface area contributed by atoms with Gasteiger partial charge in [-0.2, -0.15) is 0 Å². The SMILES string of the molecule is O=CC1(CC2CCCCC2)CCC1. The maximum absolute atomic E-state index is 11.0. The summed E-state index contributed by atoms with van der Waals surface area (Å²) in [7, 11) is 0. The van der Waals surface area contributed by atoms with E-state index in [-0.39, 0.29) is 5.41 Å². The molecular formula is C12H20O. The highest BCUT2D eigenvalue weighted by atomic mass is 16.1. The number of rotatable bonds is 3. The molecule has 2 aliphatic rings. The van der Waals surface area contributed by atoms with Crippen LogP contribution in [-0.4, -0.2) is 6.29 Å². The first kappa shape index (κ1) is 9.23. The second-order valence-electron chi connectivity index (χ2n) is 5.04. The van der Waals surface area contributed by atoms with Crippen molar-refractivity contribution in [2.75, 3.05) is 0 Å². The monoisotopic (exact) mass is 180 g/mol. The van der Waals surface area contributed by atoms with Crippen molar-refractivity contribution in [3.05, 3.63) is 0 Å². The van der Waals surface area contributed by atoms with E-state index in [9.17, 15) is 4.79 Å². The van der Waals surface area contributed by atoms with E-state index >= 15 is 0 Å². The summed E-state index contributed by atoms with van der Waals surface area (Å²) in [4.78, 5) is 11.0. The molecule has 0 N–H and O–H groups in total. The fourth-order valence-corrected chi connectivity index (χ4v) is 2.97. The summed E-state index contributed by atoms with van der Waals surface area (Å²) >= 11 is 0. The molecule has 2 aliphatic carbocycles. The Morgan fingerprint density at radius 2 is 1.77 bits per heavy atom. The van der Waals surface area contributed by atoms with Gasteiger partial charge in [-0.3, -0.25) is 0 Å². The number of carbonyl (C=O) groups excluding carboxylic acids is 1. The molecule has 0 unspecified atom stereocenters. The van der Waals surface area contributed by atoms with Crippen LogP contribution in [0.2, 0.25) is 0 Å². The maximum atomic E-state index is 11.0. The van der Waals surface area contributed by atoms with Gasteiger partial charge in [0.05, 0.1) is 0 Å². The van der Waals surface area contributed by atoms with Gasteiger partial charge in [0, 0.05) is 5.41 Å². The molecule has 0 aromatic rings. The predicted molar refractivity (Wildman–Crippen MR) is 53.5 cm³/mol. The summed E-state index contributed by atoms with van der Waals surface area (Å²) in [5, 5.41) is 0. The van der Waals surface area contributed by atoms with Gasteiger partial charge in [0.1, 0.15) is 6.29 Å². The van der Waals surface area contributed by atoms with Crippen molar-refractivity contribution in [1.82, 2.24) is 0 Å². The number of hydrogen-bond acceptors (Lipinski definition) is 1. The molecule has 0 aliphatic heterocycles. The van der Waals surface area contributed by atoms with Crippen molar-refractivity contribution < 1.29 is 4.79 Å². The largest absolute Gasteiger partial charge is 0.303 e. The zero-order valence-corrected chi connectivity index (χ0v) is 8.43. The minimum absolute atomic E-state index is 0.141. The lowest BCUT2D eigenvalue weighted by Gasteiger charge is -2.40. The van der Waals surface area contributed by atoms with Gasteiger partial charge in [-0.25, -0.2) is 0 Å². The van der Waals surface area contributed by atoms with Gasteiger partial charge < -0.3 is 4.79 Å². The van der Waals surface area contributed by atoms with E-state index in [4.69, 9.17) is 0 Å². The van der Waals surface area contributed by atoms with Crippen LogP contribution in [-0.2, 0) is 4.79 Å². The lowest BCUT2D eigenvalue weighted by Crippen LogP contribution is -2.33. The Labute approximate surface area is 80.9 Å². The molecule has 0 heterocycles. The first-order valence-corrected chi connectivity index (χ1v) is 5.81. The van der Waals surface area contributed by atoms with E-state index in [1.54, 1.807) is 0 Å². The minimum Gasteiger partial charge on any atom is -0.303 e. The summed E-state index contributed by atoms with van der Waals surface area (Å²) in [6.07, 6.45) is 13.1. The Balaban J connectivity index is 1.84. The van der Waals surface area contributed by atoms with E-state index in [2.05, 4.69) is 0 Å². The highest BCUT2D eigenvalue weighted by molar-refractivity contribution is 5.60. The molecule has 13 heavy (non-hydrogen) atoms. The molecule has 0 aromatic heterocycles. The van der Waals surface area contributed by atoms with E-state index in [0.717, 1.165) is 5.92 Å². The average Bonchev–Trinajstić information content (AvgIpc) is 2.13. The third-order valence-corrected chi connectivity index (χ3v) is 4.02. The van der Waals surface area contributed by atoms with Crippen LogP contribution in [0.3, 0.4) is 0 Å². The van der Waals surface area contributed by atoms with Crippen LogP contribution in [0.1, 0.15) is 57.8 Å². The summed E-state index contributed by atoms with van der Waals surface area (Å²) in [6, 6.07) is 0. The molecule has 74 valence electrons. The molecular weight excluding hydrogens is 160 g/mol. The first-order chi connectivity index (χ1) is 6.35. The van der Waals surface area contributed by atoms with Gasteiger partial charge in [-0.05, 0) is 25.2 Å². The second-order valence-corrected chi connectivity index (χ2v) is 5.04. The molecule has 0 atom stereocenters. The summed E-state index contributed by atoms with van der Waals surface area (Å²) < 4.78 is 0. The molecule has 2 rings (SSSR count). The van der Waals surface area contributed by atoms with E-state index in [1.165, 1.54) is 64.1 Å². The fraction of sp³-hybridized carbons (Fsp3) is 0.917. The third kappa shape index (κ3) is 1.95. The second kappa shape index (κ2) is 3.81. The number of aldehydes is 1. The molecule has 1 nitrogen and oxygen atoms in total. The zero-order valence-electron chi connectivity index (χ0n) is 8.43. The standard InChI is InChI=1S/C12H20O/c13-10-12(7-4-8-12)9-11-5-2-1-3-6-11/h10-11H,1-9H2. The first-order valence-electron chi connectivity index (χ1n) is 5.81. The molecule has 0 bridgehead atoms. The average molecular weight is 180 g/mol. The Morgan fingerprint density at radius 1 is 1.08 bits per heavy atom. The van der Waals surface area contributed by atoms with Crippen molar-refractivity contribution in [2.24, 2.45) is 11.3 Å². The fourth-order valence-electron chi connectivity index (χ4n) is 2.97. The van der Waals surface area contributed by atoms with E-state index in [0.29, 0.717) is 0 Å². The topological polar surface area (TPSA) is 17.1 Å². The molecule has 1 heteroatoms. The van der Waals surface area contributed by atoms with E-state index < -0.39 is 0 Å². The quantitative estimate of drug-likeness (QED) is 0.609.